The number of nitrogens with zero attached hydrogens (tertiary/aromatic N) is 2. The molecule has 224 valence electrons. The second-order valence-corrected chi connectivity index (χ2v) is 13.1. The lowest BCUT2D eigenvalue weighted by atomic mass is 9.85. The Bertz CT molecular complexity index is 1440. The smallest absolute Gasteiger partial charge is 0.388 e. The minimum atomic E-state index is -4.98. The standard InChI is InChI=1S/C28H32F4N2O6S/c1-17(35)33-15-20(26(2,37)16-33)13-23(36)14-22-8-4-18-12-19(27(3,38)28(30,31)32)5-11-25(18)34(22)41(39,40)24-9-6-21(29)7-10-24/h5-7,9-12,20,22,37-38H,4,8,13-16H2,1-3H3/t20-,22+,26-,27?/m1/s1. The van der Waals surface area contributed by atoms with Crippen LogP contribution in [-0.4, -0.2) is 66.1 Å². The fraction of sp³-hybridized carbons (Fsp3) is 0.500. The van der Waals surface area contributed by atoms with E-state index in [9.17, 15) is 45.8 Å². The minimum absolute atomic E-state index is 0.0516. The van der Waals surface area contributed by atoms with Crippen molar-refractivity contribution in [1.29, 1.82) is 0 Å². The molecule has 2 N–H and O–H groups in total. The summed E-state index contributed by atoms with van der Waals surface area (Å²) in [6, 6.07) is 6.41. The van der Waals surface area contributed by atoms with Gasteiger partial charge < -0.3 is 15.1 Å². The number of hydrogen-bond donors (Lipinski definition) is 2. The second kappa shape index (κ2) is 10.7. The number of alkyl halides is 3. The van der Waals surface area contributed by atoms with Gasteiger partial charge in [0.25, 0.3) is 10.0 Å². The highest BCUT2D eigenvalue weighted by Gasteiger charge is 2.51. The Morgan fingerprint density at radius 3 is 2.29 bits per heavy atom. The van der Waals surface area contributed by atoms with Gasteiger partial charge in [-0.2, -0.15) is 13.2 Å². The lowest BCUT2D eigenvalue weighted by molar-refractivity contribution is -0.258. The zero-order valence-corrected chi connectivity index (χ0v) is 23.6. The Kier molecular flexibility index (Phi) is 8.04. The van der Waals surface area contributed by atoms with Gasteiger partial charge in [0, 0.05) is 38.8 Å². The van der Waals surface area contributed by atoms with Crippen LogP contribution in [0.5, 0.6) is 0 Å². The molecule has 0 bridgehead atoms. The van der Waals surface area contributed by atoms with E-state index >= 15 is 0 Å². The van der Waals surface area contributed by atoms with E-state index in [0.717, 1.165) is 40.7 Å². The number of benzene rings is 2. The number of halogens is 4. The number of ketones is 1. The molecule has 1 amide bonds. The number of likely N-dealkylation sites (tertiary alicyclic amines) is 1. The number of aryl methyl sites for hydroxylation is 1. The van der Waals surface area contributed by atoms with E-state index in [2.05, 4.69) is 0 Å². The predicted octanol–water partition coefficient (Wildman–Crippen LogP) is 3.68. The molecule has 1 saturated heterocycles. The van der Waals surface area contributed by atoms with Crippen LogP contribution in [0.25, 0.3) is 0 Å². The number of amides is 1. The van der Waals surface area contributed by atoms with Crippen LogP contribution in [0, 0.1) is 11.7 Å². The van der Waals surface area contributed by atoms with Crippen LogP contribution in [-0.2, 0) is 31.6 Å². The van der Waals surface area contributed by atoms with Crippen molar-refractivity contribution in [2.24, 2.45) is 5.92 Å². The molecular weight excluding hydrogens is 568 g/mol. The summed E-state index contributed by atoms with van der Waals surface area (Å²) in [7, 11) is -4.41. The lowest BCUT2D eigenvalue weighted by Gasteiger charge is -2.39. The molecule has 0 radical (unpaired) electrons. The maximum Gasteiger partial charge on any atom is 0.421 e. The predicted molar refractivity (Wildman–Crippen MR) is 141 cm³/mol. The molecule has 2 aliphatic heterocycles. The first-order chi connectivity index (χ1) is 18.8. The van der Waals surface area contributed by atoms with Gasteiger partial charge in [-0.05, 0) is 68.1 Å². The first kappa shape index (κ1) is 30.9. The molecule has 4 rings (SSSR count). The molecule has 0 aromatic heterocycles. The number of carbonyl (C=O) groups excluding carboxylic acids is 2. The van der Waals surface area contributed by atoms with Crippen molar-refractivity contribution in [3.63, 3.8) is 0 Å². The Morgan fingerprint density at radius 2 is 1.73 bits per heavy atom. The van der Waals surface area contributed by atoms with Gasteiger partial charge in [0.15, 0.2) is 5.60 Å². The Hall–Kier alpha value is -3.03. The average molecular weight is 601 g/mol. The van der Waals surface area contributed by atoms with E-state index in [1.807, 2.05) is 0 Å². The summed E-state index contributed by atoms with van der Waals surface area (Å²) in [6.07, 6.45) is -5.14. The molecule has 4 atom stereocenters. The minimum Gasteiger partial charge on any atom is -0.388 e. The zero-order chi connectivity index (χ0) is 30.5. The molecule has 1 unspecified atom stereocenters. The lowest BCUT2D eigenvalue weighted by Crippen LogP contribution is -2.45. The normalized spacial score (nSPS) is 24.6. The van der Waals surface area contributed by atoms with Crippen molar-refractivity contribution in [3.8, 4) is 0 Å². The highest BCUT2D eigenvalue weighted by atomic mass is 32.2. The van der Waals surface area contributed by atoms with Gasteiger partial charge in [0.05, 0.1) is 22.2 Å². The molecule has 0 aliphatic carbocycles. The van der Waals surface area contributed by atoms with Gasteiger partial charge in [-0.3, -0.25) is 13.9 Å². The van der Waals surface area contributed by atoms with Gasteiger partial charge >= 0.3 is 6.18 Å². The Morgan fingerprint density at radius 1 is 1.10 bits per heavy atom. The van der Waals surface area contributed by atoms with Gasteiger partial charge in [-0.1, -0.05) is 12.1 Å². The van der Waals surface area contributed by atoms with Crippen molar-refractivity contribution in [3.05, 3.63) is 59.4 Å². The number of aliphatic hydroxyl groups is 2. The summed E-state index contributed by atoms with van der Waals surface area (Å²) in [5.74, 6) is -1.84. The zero-order valence-electron chi connectivity index (χ0n) is 22.8. The molecule has 2 aromatic rings. The number of β-amino-alcohol motifs (C(OH)–C–C–N with tert-alkyl or cyclic N) is 1. The van der Waals surface area contributed by atoms with Gasteiger partial charge in [-0.25, -0.2) is 12.8 Å². The number of carbonyl (C=O) groups is 2. The van der Waals surface area contributed by atoms with Crippen molar-refractivity contribution in [1.82, 2.24) is 4.90 Å². The number of rotatable bonds is 7. The number of fused-ring (bicyclic) bond motifs is 1. The third-order valence-electron chi connectivity index (χ3n) is 8.09. The van der Waals surface area contributed by atoms with Crippen LogP contribution < -0.4 is 4.31 Å². The first-order valence-electron chi connectivity index (χ1n) is 13.1. The van der Waals surface area contributed by atoms with Crippen molar-refractivity contribution in [2.45, 2.75) is 74.8 Å². The van der Waals surface area contributed by atoms with Crippen LogP contribution in [0.3, 0.4) is 0 Å². The third kappa shape index (κ3) is 5.98. The molecule has 0 saturated carbocycles. The van der Waals surface area contributed by atoms with Crippen molar-refractivity contribution < 1.29 is 45.8 Å². The monoisotopic (exact) mass is 600 g/mol. The van der Waals surface area contributed by atoms with Crippen LogP contribution in [0.15, 0.2) is 47.4 Å². The van der Waals surface area contributed by atoms with Gasteiger partial charge in [-0.15, -0.1) is 0 Å². The van der Waals surface area contributed by atoms with E-state index in [-0.39, 0.29) is 66.6 Å². The van der Waals surface area contributed by atoms with E-state index in [1.54, 1.807) is 0 Å². The van der Waals surface area contributed by atoms with E-state index in [0.29, 0.717) is 6.92 Å². The summed E-state index contributed by atoms with van der Waals surface area (Å²) >= 11 is 0. The summed E-state index contributed by atoms with van der Waals surface area (Å²) in [5.41, 5.74) is -4.67. The SMILES string of the molecule is CC(=O)N1C[C@@H](CC(=O)C[C@@H]2CCc3cc(C(C)(O)C(F)(F)F)ccc3N2S(=O)(=O)c2ccc(F)cc2)[C@](C)(O)C1. The van der Waals surface area contributed by atoms with Crippen molar-refractivity contribution in [2.75, 3.05) is 17.4 Å². The average Bonchev–Trinajstić information content (AvgIpc) is 3.16. The molecule has 2 aromatic carbocycles. The Balaban J connectivity index is 1.69. The molecule has 1 fully saturated rings. The first-order valence-corrected chi connectivity index (χ1v) is 14.5. The van der Waals surface area contributed by atoms with Crippen LogP contribution in [0.2, 0.25) is 0 Å². The van der Waals surface area contributed by atoms with Gasteiger partial charge in [0.1, 0.15) is 11.6 Å². The van der Waals surface area contributed by atoms with Crippen LogP contribution >= 0.6 is 0 Å². The molecule has 41 heavy (non-hydrogen) atoms. The van der Waals surface area contributed by atoms with Crippen molar-refractivity contribution >= 4 is 27.4 Å². The van der Waals surface area contributed by atoms with Crippen LogP contribution in [0.1, 0.15) is 51.2 Å². The number of anilines is 1. The molecule has 8 nitrogen and oxygen atoms in total. The summed E-state index contributed by atoms with van der Waals surface area (Å²) in [6.45, 7) is 3.73. The number of sulfonamides is 1. The maximum atomic E-state index is 13.8. The number of Topliss-reactive ketones (excluding diaryl/α,β-unsaturated/α-hetero) is 1. The maximum absolute atomic E-state index is 13.8. The van der Waals surface area contributed by atoms with Crippen LogP contribution in [0.4, 0.5) is 23.2 Å². The summed E-state index contributed by atoms with van der Waals surface area (Å²) in [4.78, 5) is 26.2. The largest absolute Gasteiger partial charge is 0.421 e. The summed E-state index contributed by atoms with van der Waals surface area (Å²) < 4.78 is 82.7. The fourth-order valence-electron chi connectivity index (χ4n) is 5.52. The Labute approximate surface area is 235 Å². The van der Waals surface area contributed by atoms with Gasteiger partial charge in [0.2, 0.25) is 5.91 Å². The highest BCUT2D eigenvalue weighted by molar-refractivity contribution is 7.92. The highest BCUT2D eigenvalue weighted by Crippen LogP contribution is 2.43. The number of hydrogen-bond acceptors (Lipinski definition) is 6. The fourth-order valence-corrected chi connectivity index (χ4v) is 7.24. The molecule has 0 spiro atoms. The molecule has 13 heteroatoms. The third-order valence-corrected chi connectivity index (χ3v) is 9.97. The van der Waals surface area contributed by atoms with E-state index in [1.165, 1.54) is 24.8 Å². The summed E-state index contributed by atoms with van der Waals surface area (Å²) in [5, 5.41) is 20.9. The topological polar surface area (TPSA) is 115 Å². The molecule has 2 aliphatic rings. The van der Waals surface area contributed by atoms with E-state index < -0.39 is 50.7 Å². The second-order valence-electron chi connectivity index (χ2n) is 11.3. The molecule has 2 heterocycles. The molecular formula is C28H32F4N2O6S. The quantitative estimate of drug-likeness (QED) is 0.469. The van der Waals surface area contributed by atoms with E-state index in [4.69, 9.17) is 0 Å².